The third kappa shape index (κ3) is 6.42. The molecule has 0 bridgehead atoms. The molecule has 4 atom stereocenters. The molecule has 0 spiro atoms. The molecule has 14 heteroatoms. The van der Waals surface area contributed by atoms with E-state index in [1.54, 1.807) is 38.2 Å². The molecule has 40 heavy (non-hydrogen) atoms. The number of benzene rings is 2. The van der Waals surface area contributed by atoms with Crippen LogP contribution in [0.25, 0.3) is 27.5 Å². The molecule has 4 aromatic rings. The van der Waals surface area contributed by atoms with E-state index >= 15 is 0 Å². The molecule has 8 N–H and O–H groups in total. The van der Waals surface area contributed by atoms with Gasteiger partial charge in [-0.2, -0.15) is 0 Å². The number of likely N-dealkylation sites (N-methyl/N-ethyl adjacent to an activating group) is 1. The van der Waals surface area contributed by atoms with Gasteiger partial charge in [-0.25, -0.2) is 4.68 Å². The zero-order valence-electron chi connectivity index (χ0n) is 21.9. The lowest BCUT2D eigenvalue weighted by Gasteiger charge is -2.25. The minimum atomic E-state index is -1.55. The number of aromatic nitrogens is 3. The first-order valence-corrected chi connectivity index (χ1v) is 12.5. The minimum absolute atomic E-state index is 0.0813. The fourth-order valence-corrected chi connectivity index (χ4v) is 4.20. The van der Waals surface area contributed by atoms with Gasteiger partial charge in [0.05, 0.1) is 31.0 Å². The van der Waals surface area contributed by atoms with Crippen LogP contribution in [0.5, 0.6) is 5.75 Å². The summed E-state index contributed by atoms with van der Waals surface area (Å²) in [5.74, 6) is 0.619. The number of fused-ring (bicyclic) bond motifs is 2. The van der Waals surface area contributed by atoms with Gasteiger partial charge in [0.1, 0.15) is 35.0 Å². The number of hydrogen-bond acceptors (Lipinski definition) is 10. The molecule has 0 amide bonds. The van der Waals surface area contributed by atoms with Crippen molar-refractivity contribution in [2.75, 3.05) is 27.3 Å². The SMILES string of the molecule is CNC[C@H](O)[C@@H](O)[C@H](O)[C@H](O)CO.COc1ccc(-n2[nH]c(=O)c3[nH]c4cc(Cl)ccc4c(=O)c3c2=O)c(C)c1. The number of ether oxygens (including phenoxy) is 1. The van der Waals surface area contributed by atoms with E-state index in [4.69, 9.17) is 36.8 Å². The Morgan fingerprint density at radius 1 is 1.02 bits per heavy atom. The number of hydrogen-bond donors (Lipinski definition) is 8. The first-order chi connectivity index (χ1) is 18.9. The lowest BCUT2D eigenvalue weighted by Crippen LogP contribution is -2.48. The van der Waals surface area contributed by atoms with E-state index in [1.165, 1.54) is 19.2 Å². The fourth-order valence-electron chi connectivity index (χ4n) is 4.03. The van der Waals surface area contributed by atoms with Crippen LogP contribution in [0.2, 0.25) is 5.02 Å². The van der Waals surface area contributed by atoms with Crippen LogP contribution in [0.4, 0.5) is 0 Å². The van der Waals surface area contributed by atoms with E-state index in [0.717, 1.165) is 4.68 Å². The van der Waals surface area contributed by atoms with E-state index in [9.17, 15) is 19.5 Å². The number of H-pyrrole nitrogens is 2. The van der Waals surface area contributed by atoms with Crippen molar-refractivity contribution in [2.24, 2.45) is 0 Å². The topological polar surface area (TPSA) is 210 Å². The quantitative estimate of drug-likeness (QED) is 0.121. The third-order valence-corrected chi connectivity index (χ3v) is 6.44. The molecular formula is C26H31ClN4O9. The fraction of sp³-hybridized carbons (Fsp3) is 0.346. The molecule has 0 aliphatic heterocycles. The molecular weight excluding hydrogens is 548 g/mol. The summed E-state index contributed by atoms with van der Waals surface area (Å²) in [5.41, 5.74) is -0.252. The second-order valence-electron chi connectivity index (χ2n) is 8.98. The van der Waals surface area contributed by atoms with Gasteiger partial charge in [-0.3, -0.25) is 19.5 Å². The first kappa shape index (κ1) is 31.0. The third-order valence-electron chi connectivity index (χ3n) is 6.20. The Kier molecular flexibility index (Phi) is 10.2. The van der Waals surface area contributed by atoms with Gasteiger partial charge in [-0.05, 0) is 55.9 Å². The lowest BCUT2D eigenvalue weighted by atomic mass is 10.0. The van der Waals surface area contributed by atoms with Crippen molar-refractivity contribution in [2.45, 2.75) is 31.3 Å². The molecule has 0 aliphatic rings. The number of pyridine rings is 1. The highest BCUT2D eigenvalue weighted by Crippen LogP contribution is 2.19. The number of rotatable bonds is 8. The minimum Gasteiger partial charge on any atom is -0.497 e. The van der Waals surface area contributed by atoms with Gasteiger partial charge in [0.25, 0.3) is 11.1 Å². The van der Waals surface area contributed by atoms with Crippen LogP contribution in [0.3, 0.4) is 0 Å². The Morgan fingerprint density at radius 3 is 2.30 bits per heavy atom. The zero-order chi connectivity index (χ0) is 29.7. The summed E-state index contributed by atoms with van der Waals surface area (Å²) in [6.45, 7) is 1.21. The summed E-state index contributed by atoms with van der Waals surface area (Å²) < 4.78 is 6.24. The Labute approximate surface area is 231 Å². The maximum absolute atomic E-state index is 13.0. The van der Waals surface area contributed by atoms with Crippen LogP contribution in [0.1, 0.15) is 5.56 Å². The molecule has 216 valence electrons. The van der Waals surface area contributed by atoms with Crippen molar-refractivity contribution in [1.82, 2.24) is 20.1 Å². The normalized spacial score (nSPS) is 14.3. The Balaban J connectivity index is 0.000000289. The van der Waals surface area contributed by atoms with E-state index in [2.05, 4.69) is 15.4 Å². The van der Waals surface area contributed by atoms with Gasteiger partial charge in [0.15, 0.2) is 0 Å². The lowest BCUT2D eigenvalue weighted by molar-refractivity contribution is -0.113. The number of nitrogens with one attached hydrogen (secondary N) is 3. The van der Waals surface area contributed by atoms with Crippen LogP contribution >= 0.6 is 11.6 Å². The van der Waals surface area contributed by atoms with Crippen LogP contribution in [-0.2, 0) is 0 Å². The summed E-state index contributed by atoms with van der Waals surface area (Å²) in [4.78, 5) is 41.4. The van der Waals surface area contributed by atoms with Gasteiger partial charge in [0.2, 0.25) is 5.43 Å². The molecule has 4 rings (SSSR count). The Bertz CT molecular complexity index is 1670. The predicted molar refractivity (Wildman–Crippen MR) is 150 cm³/mol. The monoisotopic (exact) mass is 578 g/mol. The molecule has 0 fully saturated rings. The van der Waals surface area contributed by atoms with E-state index in [0.29, 0.717) is 27.5 Å². The van der Waals surface area contributed by atoms with E-state index in [-0.39, 0.29) is 22.8 Å². The molecule has 0 radical (unpaired) electrons. The highest BCUT2D eigenvalue weighted by Gasteiger charge is 2.29. The van der Waals surface area contributed by atoms with Crippen molar-refractivity contribution in [3.8, 4) is 11.4 Å². The standard InChI is InChI=1S/C19H14ClN3O4.C7H17NO5/c1-9-7-11(27-2)4-6-14(9)23-19(26)15-16(18(25)22-23)21-13-8-10(20)3-5-12(13)17(15)24;1-8-2-4(10)6(12)7(13)5(11)3-9/h3-8H,1-2H3,(H,21,24)(H,22,25);4-13H,2-3H2,1H3/t;4-,5+,6+,7+/m.0/s1. The van der Waals surface area contributed by atoms with E-state index in [1.807, 2.05) is 0 Å². The molecule has 2 aromatic heterocycles. The van der Waals surface area contributed by atoms with Crippen molar-refractivity contribution in [3.05, 3.63) is 77.9 Å². The summed E-state index contributed by atoms with van der Waals surface area (Å²) in [7, 11) is 3.11. The number of aliphatic hydroxyl groups is 5. The first-order valence-electron chi connectivity index (χ1n) is 12.1. The number of aliphatic hydroxyl groups excluding tert-OH is 5. The Hall–Kier alpha value is -3.56. The molecule has 2 heterocycles. The maximum Gasteiger partial charge on any atom is 0.287 e. The molecule has 2 aromatic carbocycles. The number of aromatic amines is 2. The van der Waals surface area contributed by atoms with Crippen LogP contribution < -0.4 is 26.6 Å². The van der Waals surface area contributed by atoms with Gasteiger partial charge < -0.3 is 40.6 Å². The molecule has 13 nitrogen and oxygen atoms in total. The highest BCUT2D eigenvalue weighted by molar-refractivity contribution is 6.31. The highest BCUT2D eigenvalue weighted by atomic mass is 35.5. The number of methoxy groups -OCH3 is 1. The molecule has 0 saturated carbocycles. The van der Waals surface area contributed by atoms with Gasteiger partial charge >= 0.3 is 0 Å². The van der Waals surface area contributed by atoms with Crippen LogP contribution in [-0.4, -0.2) is 92.0 Å². The predicted octanol–water partition coefficient (Wildman–Crippen LogP) is -0.867. The molecule has 0 saturated heterocycles. The molecule has 0 unspecified atom stereocenters. The second kappa shape index (κ2) is 13.2. The van der Waals surface area contributed by atoms with Gasteiger partial charge in [-0.15, -0.1) is 0 Å². The Morgan fingerprint density at radius 2 is 1.70 bits per heavy atom. The summed E-state index contributed by atoms with van der Waals surface area (Å²) in [6, 6.07) is 9.67. The average Bonchev–Trinajstić information content (AvgIpc) is 2.94. The van der Waals surface area contributed by atoms with E-state index < -0.39 is 47.6 Å². The summed E-state index contributed by atoms with van der Waals surface area (Å²) >= 11 is 5.96. The van der Waals surface area contributed by atoms with Crippen molar-refractivity contribution in [1.29, 1.82) is 0 Å². The van der Waals surface area contributed by atoms with Crippen molar-refractivity contribution < 1.29 is 30.3 Å². The number of halogens is 1. The van der Waals surface area contributed by atoms with Gasteiger partial charge in [0, 0.05) is 17.0 Å². The largest absolute Gasteiger partial charge is 0.497 e. The van der Waals surface area contributed by atoms with Crippen LogP contribution in [0, 0.1) is 6.92 Å². The van der Waals surface area contributed by atoms with Crippen LogP contribution in [0.15, 0.2) is 50.8 Å². The zero-order valence-corrected chi connectivity index (χ0v) is 22.6. The summed E-state index contributed by atoms with van der Waals surface area (Å²) in [5, 5.41) is 50.5. The smallest absolute Gasteiger partial charge is 0.287 e. The van der Waals surface area contributed by atoms with Gasteiger partial charge in [-0.1, -0.05) is 11.6 Å². The average molecular weight is 579 g/mol. The number of aryl methyl sites for hydroxylation is 1. The maximum atomic E-state index is 13.0. The van der Waals surface area contributed by atoms with Crippen molar-refractivity contribution >= 4 is 33.4 Å². The second-order valence-corrected chi connectivity index (χ2v) is 9.42. The van der Waals surface area contributed by atoms with Crippen molar-refractivity contribution in [3.63, 3.8) is 0 Å². The summed E-state index contributed by atoms with van der Waals surface area (Å²) in [6.07, 6.45) is -5.65. The molecule has 0 aliphatic carbocycles. The number of nitrogens with zero attached hydrogens (tertiary/aromatic N) is 1.